The summed E-state index contributed by atoms with van der Waals surface area (Å²) in [5.74, 6) is 1.21. The molecule has 1 aliphatic rings. The summed E-state index contributed by atoms with van der Waals surface area (Å²) in [6, 6.07) is 13.1. The average Bonchev–Trinajstić information content (AvgIpc) is 2.68. The van der Waals surface area contributed by atoms with Crippen LogP contribution in [0.3, 0.4) is 0 Å². The lowest BCUT2D eigenvalue weighted by atomic mass is 9.98. The molecular weight excluding hydrogens is 260 g/mol. The average molecular weight is 279 g/mol. The number of aliphatic imine (C=N–C) groups is 1. The molecular formula is C18H14N2O. The minimum absolute atomic E-state index is 0.0398. The van der Waals surface area contributed by atoms with Crippen LogP contribution < -0.4 is 4.90 Å². The van der Waals surface area contributed by atoms with Gasteiger partial charge >= 0.3 is 0 Å². The van der Waals surface area contributed by atoms with Crippen LogP contribution in [0.1, 0.15) is 23.5 Å². The van der Waals surface area contributed by atoms with Gasteiger partial charge in [-0.25, -0.2) is 0 Å². The maximum atomic E-state index is 12.7. The third kappa shape index (κ3) is 2.32. The molecule has 0 atom stereocenters. The van der Waals surface area contributed by atoms with Crippen molar-refractivity contribution in [1.29, 1.82) is 0 Å². The molecule has 102 valence electrons. The van der Waals surface area contributed by atoms with Gasteiger partial charge in [0.25, 0.3) is 0 Å². The Balaban J connectivity index is 2.39. The Morgan fingerprint density at radius 3 is 2.86 bits per heavy atom. The van der Waals surface area contributed by atoms with Crippen molar-refractivity contribution in [2.45, 2.75) is 0 Å². The molecule has 0 saturated carbocycles. The Morgan fingerprint density at radius 2 is 2.14 bits per heavy atom. The molecule has 1 amide bonds. The van der Waals surface area contributed by atoms with Gasteiger partial charge in [-0.05, 0) is 18.2 Å². The van der Waals surface area contributed by atoms with Gasteiger partial charge in [-0.15, -0.1) is 6.42 Å². The number of hydrogen-bond acceptors (Lipinski definition) is 2. The maximum absolute atomic E-state index is 12.7. The maximum Gasteiger partial charge on any atom is 0.248 e. The molecule has 0 spiro atoms. The van der Waals surface area contributed by atoms with E-state index in [2.05, 4.69) is 10.9 Å². The molecule has 0 aromatic heterocycles. The SMILES string of the molecule is [2H]C1([2H])N=C(c2ccccc2)c2cc(C#C)ccc2N(C([2H])([2H])[2H])C1=O. The van der Waals surface area contributed by atoms with E-state index in [9.17, 15) is 4.79 Å². The first kappa shape index (κ1) is 8.43. The summed E-state index contributed by atoms with van der Waals surface area (Å²) in [6.45, 7) is -5.62. The van der Waals surface area contributed by atoms with E-state index in [0.717, 1.165) is 0 Å². The van der Waals surface area contributed by atoms with E-state index in [1.165, 1.54) is 18.2 Å². The van der Waals surface area contributed by atoms with E-state index in [-0.39, 0.29) is 17.0 Å². The van der Waals surface area contributed by atoms with Gasteiger partial charge in [0, 0.05) is 27.8 Å². The first-order valence-corrected chi connectivity index (χ1v) is 6.26. The fourth-order valence-electron chi connectivity index (χ4n) is 2.15. The van der Waals surface area contributed by atoms with Gasteiger partial charge in [0.15, 0.2) is 0 Å². The molecule has 1 heterocycles. The molecule has 0 radical (unpaired) electrons. The molecule has 1 aliphatic heterocycles. The second-order valence-corrected chi connectivity index (χ2v) is 4.46. The lowest BCUT2D eigenvalue weighted by molar-refractivity contribution is -0.116. The highest BCUT2D eigenvalue weighted by Gasteiger charge is 2.22. The predicted octanol–water partition coefficient (Wildman–Crippen LogP) is 2.48. The van der Waals surface area contributed by atoms with E-state index in [1.54, 1.807) is 30.3 Å². The van der Waals surface area contributed by atoms with Crippen LogP contribution in [0.15, 0.2) is 53.5 Å². The van der Waals surface area contributed by atoms with Crippen LogP contribution in [0.4, 0.5) is 5.69 Å². The Kier molecular flexibility index (Phi) is 2.11. The monoisotopic (exact) mass is 279 g/mol. The molecule has 3 heteroatoms. The van der Waals surface area contributed by atoms with Crippen molar-refractivity contribution < 1.29 is 11.6 Å². The molecule has 2 aromatic rings. The third-order valence-corrected chi connectivity index (χ3v) is 3.17. The normalized spacial score (nSPS) is 20.5. The molecule has 0 bridgehead atoms. The zero-order valence-corrected chi connectivity index (χ0v) is 11.0. The topological polar surface area (TPSA) is 32.7 Å². The Labute approximate surface area is 131 Å². The predicted molar refractivity (Wildman–Crippen MR) is 84.7 cm³/mol. The summed E-state index contributed by atoms with van der Waals surface area (Å²) in [4.78, 5) is 17.1. The molecule has 0 N–H and O–H groups in total. The summed E-state index contributed by atoms with van der Waals surface area (Å²) < 4.78 is 39.2. The molecule has 0 aliphatic carbocycles. The van der Waals surface area contributed by atoms with Gasteiger partial charge in [0.1, 0.15) is 6.50 Å². The van der Waals surface area contributed by atoms with E-state index in [4.69, 9.17) is 13.3 Å². The quantitative estimate of drug-likeness (QED) is 0.738. The van der Waals surface area contributed by atoms with Crippen molar-refractivity contribution >= 4 is 17.3 Å². The first-order chi connectivity index (χ1) is 12.1. The van der Waals surface area contributed by atoms with E-state index in [0.29, 0.717) is 16.0 Å². The van der Waals surface area contributed by atoms with Crippen LogP contribution in [0.5, 0.6) is 0 Å². The van der Waals surface area contributed by atoms with Crippen molar-refractivity contribution in [3.63, 3.8) is 0 Å². The van der Waals surface area contributed by atoms with Crippen molar-refractivity contribution in [2.24, 2.45) is 4.99 Å². The van der Waals surface area contributed by atoms with Crippen LogP contribution in [0.25, 0.3) is 0 Å². The number of carbonyl (C=O) groups excluding carboxylic acids is 1. The van der Waals surface area contributed by atoms with Crippen molar-refractivity contribution in [3.8, 4) is 12.3 Å². The number of amides is 1. The summed E-state index contributed by atoms with van der Waals surface area (Å²) >= 11 is 0. The van der Waals surface area contributed by atoms with E-state index in [1.807, 2.05) is 0 Å². The van der Waals surface area contributed by atoms with Crippen LogP contribution in [-0.4, -0.2) is 25.1 Å². The van der Waals surface area contributed by atoms with E-state index < -0.39 is 19.4 Å². The van der Waals surface area contributed by atoms with E-state index >= 15 is 0 Å². The number of benzene rings is 2. The second-order valence-electron chi connectivity index (χ2n) is 4.46. The fourth-order valence-corrected chi connectivity index (χ4v) is 2.15. The van der Waals surface area contributed by atoms with Gasteiger partial charge in [0.2, 0.25) is 5.91 Å². The largest absolute Gasteiger partial charge is 0.313 e. The Bertz CT molecular complexity index is 942. The number of hydrogen-bond donors (Lipinski definition) is 0. The zero-order valence-electron chi connectivity index (χ0n) is 16.0. The van der Waals surface area contributed by atoms with Gasteiger partial charge in [-0.1, -0.05) is 36.3 Å². The molecule has 3 nitrogen and oxygen atoms in total. The van der Waals surface area contributed by atoms with Crippen LogP contribution in [-0.2, 0) is 4.79 Å². The second kappa shape index (κ2) is 5.26. The number of carbonyl (C=O) groups is 1. The minimum atomic E-state index is -2.88. The number of fused-ring (bicyclic) bond motifs is 1. The molecule has 0 saturated heterocycles. The molecule has 3 rings (SSSR count). The summed E-state index contributed by atoms with van der Waals surface area (Å²) in [5.41, 5.74) is 1.51. The smallest absolute Gasteiger partial charge is 0.248 e. The number of anilines is 1. The number of terminal acetylenes is 1. The van der Waals surface area contributed by atoms with Crippen LogP contribution in [0, 0.1) is 12.3 Å². The number of rotatable bonds is 1. The summed E-state index contributed by atoms with van der Waals surface area (Å²) in [5, 5.41) is 0. The molecule has 0 fully saturated rings. The van der Waals surface area contributed by atoms with Gasteiger partial charge in [-0.3, -0.25) is 9.79 Å². The highest BCUT2D eigenvalue weighted by Crippen LogP contribution is 2.26. The number of benzodiazepines with no additional fused rings is 1. The third-order valence-electron chi connectivity index (χ3n) is 3.17. The van der Waals surface area contributed by atoms with Crippen molar-refractivity contribution in [3.05, 3.63) is 65.2 Å². The highest BCUT2D eigenvalue weighted by molar-refractivity contribution is 6.19. The fraction of sp³-hybridized carbons (Fsp3) is 0.111. The first-order valence-electron chi connectivity index (χ1n) is 8.76. The lowest BCUT2D eigenvalue weighted by Crippen LogP contribution is -2.27. The molecule has 2 aromatic carbocycles. The van der Waals surface area contributed by atoms with Gasteiger partial charge in [-0.2, -0.15) is 0 Å². The summed E-state index contributed by atoms with van der Waals surface area (Å²) in [7, 11) is 0. The number of likely N-dealkylation sites (N-methyl/N-ethyl adjacent to an activating group) is 1. The molecule has 0 unspecified atom stereocenters. The Morgan fingerprint density at radius 1 is 1.33 bits per heavy atom. The number of nitrogens with zero attached hydrogens (tertiary/aromatic N) is 2. The Hall–Kier alpha value is -2.86. The van der Waals surface area contributed by atoms with Crippen LogP contribution in [0.2, 0.25) is 0 Å². The zero-order chi connectivity index (χ0) is 19.1. The lowest BCUT2D eigenvalue weighted by Gasteiger charge is -2.18. The minimum Gasteiger partial charge on any atom is -0.313 e. The summed E-state index contributed by atoms with van der Waals surface area (Å²) in [6.07, 6.45) is 5.45. The van der Waals surface area contributed by atoms with Crippen LogP contribution >= 0.6 is 0 Å². The van der Waals surface area contributed by atoms with Crippen molar-refractivity contribution in [2.75, 3.05) is 18.4 Å². The highest BCUT2D eigenvalue weighted by atomic mass is 16.2. The van der Waals surface area contributed by atoms with Gasteiger partial charge in [0.05, 0.1) is 14.1 Å². The van der Waals surface area contributed by atoms with Crippen molar-refractivity contribution in [1.82, 2.24) is 0 Å². The molecule has 21 heavy (non-hydrogen) atoms. The standard InChI is InChI=1S/C18H14N2O/c1-3-13-9-10-16-15(11-13)18(14-7-5-4-6-8-14)19-12-17(21)20(16)2/h1,4-11H,12H2,2H3/i2D3,12D2. The van der Waals surface area contributed by atoms with Gasteiger partial charge < -0.3 is 4.90 Å².